The number of nitrogens with zero attached hydrogens (tertiary/aromatic N) is 2. The van der Waals surface area contributed by atoms with Crippen molar-refractivity contribution in [2.75, 3.05) is 20.2 Å². The normalized spacial score (nSPS) is 25.5. The molecule has 0 radical (unpaired) electrons. The molecule has 2 atom stereocenters. The predicted octanol–water partition coefficient (Wildman–Crippen LogP) is 5.60. The first-order valence-corrected chi connectivity index (χ1v) is 16.1. The molecule has 8 heteroatoms. The van der Waals surface area contributed by atoms with Crippen molar-refractivity contribution in [2.24, 2.45) is 5.41 Å². The Balaban J connectivity index is 1.32. The molecule has 0 bridgehead atoms. The molecule has 3 saturated carbocycles. The molecule has 5 aliphatic rings. The third-order valence-corrected chi connectivity index (χ3v) is 11.3. The molecule has 0 spiro atoms. The van der Waals surface area contributed by atoms with Crippen LogP contribution in [-0.4, -0.2) is 57.9 Å². The second-order valence-corrected chi connectivity index (χ2v) is 14.0. The van der Waals surface area contributed by atoms with Crippen molar-refractivity contribution < 1.29 is 19.4 Å². The number of fused-ring (bicyclic) bond motifs is 7. The van der Waals surface area contributed by atoms with E-state index in [0.717, 1.165) is 43.4 Å². The first-order valence-electron chi connectivity index (χ1n) is 15.2. The third-order valence-electron chi connectivity index (χ3n) is 10.2. The van der Waals surface area contributed by atoms with Gasteiger partial charge in [0, 0.05) is 52.8 Å². The van der Waals surface area contributed by atoms with E-state index < -0.39 is 11.5 Å². The van der Waals surface area contributed by atoms with Crippen LogP contribution < -0.4 is 9.46 Å². The summed E-state index contributed by atoms with van der Waals surface area (Å²) in [7, 11) is 1.70. The van der Waals surface area contributed by atoms with Gasteiger partial charge in [0.2, 0.25) is 5.91 Å². The SMILES string of the molecule is COc1ccc2c(c1)C1CC1(C(=O)N1CC(O)C1)Cn1c-2c(C2CCCCC2)c2ccc(C(=O)NSC3CC3)cc21. The molecule has 41 heavy (non-hydrogen) atoms. The molecule has 3 heterocycles. The lowest BCUT2D eigenvalue weighted by Crippen LogP contribution is -2.56. The third kappa shape index (κ3) is 4.12. The molecule has 8 rings (SSSR count). The summed E-state index contributed by atoms with van der Waals surface area (Å²) in [5.41, 5.74) is 6.15. The lowest BCUT2D eigenvalue weighted by Gasteiger charge is -2.38. The van der Waals surface area contributed by atoms with Crippen molar-refractivity contribution in [3.8, 4) is 17.0 Å². The van der Waals surface area contributed by atoms with Crippen LogP contribution in [0.1, 0.15) is 84.7 Å². The summed E-state index contributed by atoms with van der Waals surface area (Å²) in [6.07, 6.45) is 8.75. The van der Waals surface area contributed by atoms with Gasteiger partial charge in [-0.25, -0.2) is 0 Å². The highest BCUT2D eigenvalue weighted by Crippen LogP contribution is 2.66. The Kier molecular flexibility index (Phi) is 5.98. The molecular weight excluding hydrogens is 534 g/mol. The quantitative estimate of drug-likeness (QED) is 0.377. The number of nitrogens with one attached hydrogen (secondary N) is 1. The second-order valence-electron chi connectivity index (χ2n) is 12.9. The number of aliphatic hydroxyl groups excluding tert-OH is 1. The van der Waals surface area contributed by atoms with Gasteiger partial charge in [0.15, 0.2) is 0 Å². The fraction of sp³-hybridized carbons (Fsp3) is 0.515. The maximum atomic E-state index is 14.1. The predicted molar refractivity (Wildman–Crippen MR) is 160 cm³/mol. The average Bonchev–Trinajstić information content (AvgIpc) is 3.91. The number of carbonyl (C=O) groups is 2. The van der Waals surface area contributed by atoms with Crippen LogP contribution in [0.4, 0.5) is 0 Å². The van der Waals surface area contributed by atoms with Gasteiger partial charge in [-0.05, 0) is 91.4 Å². The Morgan fingerprint density at radius 1 is 1.05 bits per heavy atom. The number of β-amino-alcohol motifs (C(OH)–C–C–N with tert-alkyl or cyclic N) is 1. The molecule has 1 saturated heterocycles. The number of hydrogen-bond acceptors (Lipinski definition) is 5. The van der Waals surface area contributed by atoms with Gasteiger partial charge in [0.05, 0.1) is 24.3 Å². The van der Waals surface area contributed by atoms with E-state index in [1.165, 1.54) is 59.0 Å². The molecule has 2 N–H and O–H groups in total. The zero-order chi connectivity index (χ0) is 27.9. The van der Waals surface area contributed by atoms with Gasteiger partial charge in [-0.15, -0.1) is 0 Å². The van der Waals surface area contributed by atoms with Crippen molar-refractivity contribution in [1.82, 2.24) is 14.2 Å². The molecule has 2 unspecified atom stereocenters. The Morgan fingerprint density at radius 2 is 1.85 bits per heavy atom. The van der Waals surface area contributed by atoms with Gasteiger partial charge in [0.1, 0.15) is 5.75 Å². The molecule has 3 aliphatic carbocycles. The monoisotopic (exact) mass is 571 g/mol. The van der Waals surface area contributed by atoms with Crippen LogP contribution in [0.5, 0.6) is 5.75 Å². The average molecular weight is 572 g/mol. The summed E-state index contributed by atoms with van der Waals surface area (Å²) in [5.74, 6) is 1.46. The molecule has 7 nitrogen and oxygen atoms in total. The highest BCUT2D eigenvalue weighted by Gasteiger charge is 2.64. The smallest absolute Gasteiger partial charge is 0.261 e. The summed E-state index contributed by atoms with van der Waals surface area (Å²) < 4.78 is 11.1. The van der Waals surface area contributed by atoms with E-state index in [1.54, 1.807) is 7.11 Å². The lowest BCUT2D eigenvalue weighted by atomic mass is 9.81. The number of methoxy groups -OCH3 is 1. The molecule has 3 aromatic rings. The minimum Gasteiger partial charge on any atom is -0.497 e. The minimum atomic E-state index is -0.553. The Morgan fingerprint density at radius 3 is 2.59 bits per heavy atom. The van der Waals surface area contributed by atoms with Crippen LogP contribution in [0, 0.1) is 5.41 Å². The van der Waals surface area contributed by atoms with E-state index in [0.29, 0.717) is 36.4 Å². The number of amides is 2. The maximum absolute atomic E-state index is 14.1. The highest BCUT2D eigenvalue weighted by atomic mass is 32.2. The van der Waals surface area contributed by atoms with Gasteiger partial charge in [0.25, 0.3) is 5.91 Å². The number of carbonyl (C=O) groups excluding carboxylic acids is 2. The van der Waals surface area contributed by atoms with Crippen molar-refractivity contribution in [3.63, 3.8) is 0 Å². The van der Waals surface area contributed by atoms with E-state index >= 15 is 0 Å². The van der Waals surface area contributed by atoms with E-state index in [9.17, 15) is 14.7 Å². The fourth-order valence-corrected chi connectivity index (χ4v) is 8.50. The highest BCUT2D eigenvalue weighted by molar-refractivity contribution is 7.98. The summed E-state index contributed by atoms with van der Waals surface area (Å²) >= 11 is 1.54. The Bertz CT molecular complexity index is 1570. The number of hydrogen-bond donors (Lipinski definition) is 2. The standard InChI is InChI=1S/C33H37N3O4S/c1-40-22-8-12-24-26(14-22)27-15-33(27,32(39)35-16-21(37)17-35)18-36-28-13-20(31(38)34-41-23-9-10-23)7-11-25(28)29(30(24)36)19-5-3-2-4-6-19/h7-8,11-14,19,21,23,27,37H,2-6,9-10,15-18H2,1H3,(H,34,38). The van der Waals surface area contributed by atoms with Gasteiger partial charge in [-0.3, -0.25) is 14.3 Å². The zero-order valence-electron chi connectivity index (χ0n) is 23.5. The van der Waals surface area contributed by atoms with Crippen LogP contribution in [0.3, 0.4) is 0 Å². The number of likely N-dealkylation sites (tertiary alicyclic amines) is 1. The second kappa shape index (κ2) is 9.53. The Labute approximate surface area is 244 Å². The fourth-order valence-electron chi connectivity index (χ4n) is 7.74. The molecule has 214 valence electrons. The summed E-state index contributed by atoms with van der Waals surface area (Å²) in [6.45, 7) is 1.41. The largest absolute Gasteiger partial charge is 0.497 e. The van der Waals surface area contributed by atoms with E-state index in [-0.39, 0.29) is 17.7 Å². The number of benzene rings is 2. The summed E-state index contributed by atoms with van der Waals surface area (Å²) in [5, 5.41) is 11.7. The van der Waals surface area contributed by atoms with Crippen molar-refractivity contribution in [3.05, 3.63) is 53.1 Å². The van der Waals surface area contributed by atoms with Crippen LogP contribution in [0.25, 0.3) is 22.2 Å². The number of rotatable bonds is 6. The first-order chi connectivity index (χ1) is 20.0. The summed E-state index contributed by atoms with van der Waals surface area (Å²) in [6, 6.07) is 12.6. The number of aromatic nitrogens is 1. The van der Waals surface area contributed by atoms with E-state index in [1.807, 2.05) is 17.0 Å². The van der Waals surface area contributed by atoms with Gasteiger partial charge in [-0.1, -0.05) is 25.3 Å². The summed E-state index contributed by atoms with van der Waals surface area (Å²) in [4.78, 5) is 29.1. The van der Waals surface area contributed by atoms with Gasteiger partial charge < -0.3 is 19.3 Å². The van der Waals surface area contributed by atoms with E-state index in [2.05, 4.69) is 33.6 Å². The topological polar surface area (TPSA) is 83.8 Å². The van der Waals surface area contributed by atoms with Crippen LogP contribution in [0.2, 0.25) is 0 Å². The number of ether oxygens (including phenoxy) is 1. The van der Waals surface area contributed by atoms with Crippen molar-refractivity contribution in [2.45, 2.75) is 81.1 Å². The Hall–Kier alpha value is -2.97. The van der Waals surface area contributed by atoms with Crippen LogP contribution in [-0.2, 0) is 11.3 Å². The molecule has 4 fully saturated rings. The molecule has 1 aromatic heterocycles. The van der Waals surface area contributed by atoms with Crippen LogP contribution in [0.15, 0.2) is 36.4 Å². The number of aliphatic hydroxyl groups is 1. The van der Waals surface area contributed by atoms with Gasteiger partial charge in [-0.2, -0.15) is 0 Å². The lowest BCUT2D eigenvalue weighted by molar-refractivity contribution is -0.148. The molecule has 2 aliphatic heterocycles. The zero-order valence-corrected chi connectivity index (χ0v) is 24.3. The van der Waals surface area contributed by atoms with E-state index in [4.69, 9.17) is 4.74 Å². The molecular formula is C33H37N3O4S. The van der Waals surface area contributed by atoms with Crippen molar-refractivity contribution >= 4 is 34.7 Å². The molecule has 2 amide bonds. The molecule has 2 aromatic carbocycles. The minimum absolute atomic E-state index is 0.0537. The maximum Gasteiger partial charge on any atom is 0.261 e. The van der Waals surface area contributed by atoms with Crippen LogP contribution >= 0.6 is 11.9 Å². The van der Waals surface area contributed by atoms with Crippen molar-refractivity contribution in [1.29, 1.82) is 0 Å². The first kappa shape index (κ1) is 25.7. The van der Waals surface area contributed by atoms with Gasteiger partial charge >= 0.3 is 0 Å².